The molecule has 0 aliphatic carbocycles. The zero-order chi connectivity index (χ0) is 13.2. The largest absolute Gasteiger partial charge is 0.395 e. The number of hydrogen-bond donors (Lipinski definition) is 2. The van der Waals surface area contributed by atoms with E-state index in [0.717, 1.165) is 13.2 Å². The molecule has 2 aliphatic rings. The molecule has 2 fully saturated rings. The molecule has 1 aromatic rings. The van der Waals surface area contributed by atoms with Gasteiger partial charge >= 0.3 is 0 Å². The summed E-state index contributed by atoms with van der Waals surface area (Å²) in [6.45, 7) is 3.60. The van der Waals surface area contributed by atoms with Crippen molar-refractivity contribution < 1.29 is 9.13 Å². The molecule has 0 radical (unpaired) electrons. The van der Waals surface area contributed by atoms with Gasteiger partial charge in [0.1, 0.15) is 5.82 Å². The van der Waals surface area contributed by atoms with Crippen molar-refractivity contribution in [1.82, 2.24) is 4.90 Å². The van der Waals surface area contributed by atoms with Gasteiger partial charge in [0.25, 0.3) is 0 Å². The van der Waals surface area contributed by atoms with Crippen LogP contribution >= 0.6 is 0 Å². The van der Waals surface area contributed by atoms with Gasteiger partial charge in [-0.15, -0.1) is 0 Å². The molecule has 4 nitrogen and oxygen atoms in total. The topological polar surface area (TPSA) is 50.5 Å². The van der Waals surface area contributed by atoms with E-state index in [4.69, 9.17) is 10.5 Å². The molecule has 1 aromatic carbocycles. The van der Waals surface area contributed by atoms with E-state index in [2.05, 4.69) is 10.2 Å². The van der Waals surface area contributed by atoms with Gasteiger partial charge in [0.05, 0.1) is 24.1 Å². The highest BCUT2D eigenvalue weighted by atomic mass is 19.1. The number of nitrogens with two attached hydrogens (primary N) is 1. The number of fused-ring (bicyclic) bond motifs is 1. The number of anilines is 2. The fourth-order valence-electron chi connectivity index (χ4n) is 2.92. The molecule has 0 saturated carbocycles. The summed E-state index contributed by atoms with van der Waals surface area (Å²) in [6.07, 6.45) is 2.67. The molecule has 2 saturated heterocycles. The molecule has 2 unspecified atom stereocenters. The van der Waals surface area contributed by atoms with E-state index >= 15 is 0 Å². The van der Waals surface area contributed by atoms with Crippen LogP contribution in [0.5, 0.6) is 0 Å². The summed E-state index contributed by atoms with van der Waals surface area (Å²) in [5.74, 6) is -0.380. The van der Waals surface area contributed by atoms with Crippen molar-refractivity contribution in [1.29, 1.82) is 0 Å². The Morgan fingerprint density at radius 3 is 3.26 bits per heavy atom. The zero-order valence-corrected chi connectivity index (χ0v) is 10.9. The molecule has 0 aromatic heterocycles. The van der Waals surface area contributed by atoms with Crippen molar-refractivity contribution in [2.45, 2.75) is 25.0 Å². The Morgan fingerprint density at radius 1 is 1.47 bits per heavy atom. The number of rotatable bonds is 3. The van der Waals surface area contributed by atoms with Crippen molar-refractivity contribution in [3.8, 4) is 0 Å². The van der Waals surface area contributed by atoms with Crippen LogP contribution in [0.2, 0.25) is 0 Å². The van der Waals surface area contributed by atoms with E-state index in [1.807, 2.05) is 0 Å². The quantitative estimate of drug-likeness (QED) is 0.817. The van der Waals surface area contributed by atoms with Gasteiger partial charge in [-0.2, -0.15) is 0 Å². The predicted octanol–water partition coefficient (Wildman–Crippen LogP) is 1.68. The van der Waals surface area contributed by atoms with Gasteiger partial charge in [-0.3, -0.25) is 4.90 Å². The monoisotopic (exact) mass is 265 g/mol. The molecule has 104 valence electrons. The SMILES string of the molecule is Nc1c(F)cccc1NCC1CN2CCCC2CO1. The predicted molar refractivity (Wildman–Crippen MR) is 73.6 cm³/mol. The van der Waals surface area contributed by atoms with Crippen LogP contribution in [0.1, 0.15) is 12.8 Å². The molecule has 2 heterocycles. The number of morpholine rings is 1. The van der Waals surface area contributed by atoms with Gasteiger partial charge in [-0.25, -0.2) is 4.39 Å². The Morgan fingerprint density at radius 2 is 2.37 bits per heavy atom. The van der Waals surface area contributed by atoms with E-state index in [1.165, 1.54) is 25.5 Å². The molecule has 3 rings (SSSR count). The van der Waals surface area contributed by atoms with Crippen LogP contribution in [0.15, 0.2) is 18.2 Å². The number of para-hydroxylation sites is 1. The summed E-state index contributed by atoms with van der Waals surface area (Å²) < 4.78 is 19.2. The average Bonchev–Trinajstić information content (AvgIpc) is 2.88. The van der Waals surface area contributed by atoms with E-state index in [1.54, 1.807) is 12.1 Å². The summed E-state index contributed by atoms with van der Waals surface area (Å²) in [4.78, 5) is 2.49. The van der Waals surface area contributed by atoms with E-state index < -0.39 is 0 Å². The van der Waals surface area contributed by atoms with Crippen LogP contribution < -0.4 is 11.1 Å². The van der Waals surface area contributed by atoms with Crippen molar-refractivity contribution >= 4 is 11.4 Å². The Hall–Kier alpha value is -1.33. The van der Waals surface area contributed by atoms with E-state index in [9.17, 15) is 4.39 Å². The molecule has 2 atom stereocenters. The second-order valence-electron chi connectivity index (χ2n) is 5.33. The lowest BCUT2D eigenvalue weighted by Gasteiger charge is -2.35. The molecule has 0 spiro atoms. The molecular weight excluding hydrogens is 245 g/mol. The lowest BCUT2D eigenvalue weighted by atomic mass is 10.2. The molecule has 0 bridgehead atoms. The first-order valence-electron chi connectivity index (χ1n) is 6.87. The first-order valence-corrected chi connectivity index (χ1v) is 6.87. The highest BCUT2D eigenvalue weighted by molar-refractivity contribution is 5.66. The average molecular weight is 265 g/mol. The number of nitrogen functional groups attached to an aromatic ring is 1. The zero-order valence-electron chi connectivity index (χ0n) is 10.9. The number of nitrogens with one attached hydrogen (secondary N) is 1. The van der Waals surface area contributed by atoms with Gasteiger partial charge in [0, 0.05) is 19.1 Å². The summed E-state index contributed by atoms with van der Waals surface area (Å²) in [6, 6.07) is 5.42. The van der Waals surface area contributed by atoms with Crippen LogP contribution in [0.25, 0.3) is 0 Å². The Kier molecular flexibility index (Phi) is 3.57. The molecule has 19 heavy (non-hydrogen) atoms. The van der Waals surface area contributed by atoms with Crippen molar-refractivity contribution in [3.05, 3.63) is 24.0 Å². The number of nitrogens with zero attached hydrogens (tertiary/aromatic N) is 1. The van der Waals surface area contributed by atoms with Crippen molar-refractivity contribution in [2.24, 2.45) is 0 Å². The first kappa shape index (κ1) is 12.7. The smallest absolute Gasteiger partial charge is 0.148 e. The van der Waals surface area contributed by atoms with Crippen LogP contribution in [0.4, 0.5) is 15.8 Å². The highest BCUT2D eigenvalue weighted by Crippen LogP contribution is 2.24. The minimum Gasteiger partial charge on any atom is -0.395 e. The fraction of sp³-hybridized carbons (Fsp3) is 0.571. The third-order valence-corrected chi connectivity index (χ3v) is 4.03. The second-order valence-corrected chi connectivity index (χ2v) is 5.33. The van der Waals surface area contributed by atoms with Crippen LogP contribution in [0, 0.1) is 5.82 Å². The number of halogens is 1. The fourth-order valence-corrected chi connectivity index (χ4v) is 2.92. The van der Waals surface area contributed by atoms with Crippen LogP contribution in [-0.4, -0.2) is 43.3 Å². The van der Waals surface area contributed by atoms with Gasteiger partial charge in [0.2, 0.25) is 0 Å². The summed E-state index contributed by atoms with van der Waals surface area (Å²) >= 11 is 0. The third kappa shape index (κ3) is 2.67. The minimum absolute atomic E-state index is 0.150. The highest BCUT2D eigenvalue weighted by Gasteiger charge is 2.31. The van der Waals surface area contributed by atoms with Gasteiger partial charge in [-0.05, 0) is 31.5 Å². The molecule has 5 heteroatoms. The molecule has 0 amide bonds. The van der Waals surface area contributed by atoms with Gasteiger partial charge in [-0.1, -0.05) is 6.07 Å². The summed E-state index contributed by atoms with van der Waals surface area (Å²) in [7, 11) is 0. The lowest BCUT2D eigenvalue weighted by Crippen LogP contribution is -2.48. The summed E-state index contributed by atoms with van der Waals surface area (Å²) in [5.41, 5.74) is 6.52. The maximum absolute atomic E-state index is 13.3. The van der Waals surface area contributed by atoms with Gasteiger partial charge < -0.3 is 15.8 Å². The number of ether oxygens (including phenoxy) is 1. The van der Waals surface area contributed by atoms with Gasteiger partial charge in [0.15, 0.2) is 0 Å². The lowest BCUT2D eigenvalue weighted by molar-refractivity contribution is -0.0415. The maximum atomic E-state index is 13.3. The van der Waals surface area contributed by atoms with Crippen molar-refractivity contribution in [3.63, 3.8) is 0 Å². The molecule has 3 N–H and O–H groups in total. The number of benzene rings is 1. The standard InChI is InChI=1S/C14H20FN3O/c15-12-4-1-5-13(14(12)16)17-7-11-8-18-6-2-3-10(18)9-19-11/h1,4-5,10-11,17H,2-3,6-9,16H2. The van der Waals surface area contributed by atoms with Crippen molar-refractivity contribution in [2.75, 3.05) is 37.3 Å². The Bertz CT molecular complexity index is 454. The Labute approximate surface area is 112 Å². The summed E-state index contributed by atoms with van der Waals surface area (Å²) in [5, 5.41) is 3.19. The third-order valence-electron chi connectivity index (χ3n) is 4.03. The normalized spacial score (nSPS) is 27.2. The van der Waals surface area contributed by atoms with E-state index in [0.29, 0.717) is 18.3 Å². The minimum atomic E-state index is -0.380. The molecule has 2 aliphatic heterocycles. The maximum Gasteiger partial charge on any atom is 0.148 e. The van der Waals surface area contributed by atoms with E-state index in [-0.39, 0.29) is 17.6 Å². The van der Waals surface area contributed by atoms with Crippen LogP contribution in [-0.2, 0) is 4.74 Å². The first-order chi connectivity index (χ1) is 9.24. The van der Waals surface area contributed by atoms with Crippen LogP contribution in [0.3, 0.4) is 0 Å². The molecular formula is C14H20FN3O. The Balaban J connectivity index is 1.56. The second kappa shape index (κ2) is 5.35. The number of hydrogen-bond acceptors (Lipinski definition) is 4.